The van der Waals surface area contributed by atoms with Gasteiger partial charge in [-0.2, -0.15) is 0 Å². The van der Waals surface area contributed by atoms with E-state index < -0.39 is 9.84 Å². The summed E-state index contributed by atoms with van der Waals surface area (Å²) >= 11 is 12.1. The highest BCUT2D eigenvalue weighted by atomic mass is 35.5. The van der Waals surface area contributed by atoms with Crippen LogP contribution in [0.1, 0.15) is 18.9 Å². The van der Waals surface area contributed by atoms with Crippen LogP contribution in [0, 0.1) is 0 Å². The van der Waals surface area contributed by atoms with Gasteiger partial charge in [-0.3, -0.25) is 0 Å². The van der Waals surface area contributed by atoms with E-state index in [0.717, 1.165) is 5.56 Å². The van der Waals surface area contributed by atoms with Crippen molar-refractivity contribution in [2.45, 2.75) is 25.8 Å². The molecule has 4 nitrogen and oxygen atoms in total. The summed E-state index contributed by atoms with van der Waals surface area (Å²) in [7, 11) is -2.98. The predicted molar refractivity (Wildman–Crippen MR) is 83.6 cm³/mol. The third-order valence-corrected chi connectivity index (χ3v) is 4.06. The second kappa shape index (κ2) is 7.50. The van der Waals surface area contributed by atoms with E-state index in [1.54, 1.807) is 12.1 Å². The van der Waals surface area contributed by atoms with Crippen LogP contribution in [0.3, 0.4) is 0 Å². The van der Waals surface area contributed by atoms with Crippen molar-refractivity contribution < 1.29 is 13.2 Å². The van der Waals surface area contributed by atoms with E-state index in [-0.39, 0.29) is 18.4 Å². The van der Waals surface area contributed by atoms with Gasteiger partial charge in [-0.25, -0.2) is 8.42 Å². The maximum absolute atomic E-state index is 11.1. The van der Waals surface area contributed by atoms with Gasteiger partial charge in [-0.05, 0) is 37.5 Å². The standard InChI is InChI=1S/C13H19Cl2NO3S/c1-9(16)6-10-7-11(14)8-12(15)13(10)19-4-3-5-20(2,17)18/h7-9H,3-6,16H2,1-2H3. The maximum Gasteiger partial charge on any atom is 0.147 e. The molecule has 0 saturated heterocycles. The lowest BCUT2D eigenvalue weighted by molar-refractivity contribution is 0.314. The zero-order valence-electron chi connectivity index (χ0n) is 11.5. The van der Waals surface area contributed by atoms with Crippen LogP contribution in [0.2, 0.25) is 10.0 Å². The molecular weight excluding hydrogens is 321 g/mol. The van der Waals surface area contributed by atoms with Gasteiger partial charge in [-0.1, -0.05) is 23.2 Å². The van der Waals surface area contributed by atoms with E-state index in [1.165, 1.54) is 6.26 Å². The summed E-state index contributed by atoms with van der Waals surface area (Å²) < 4.78 is 27.7. The smallest absolute Gasteiger partial charge is 0.147 e. The third kappa shape index (κ3) is 6.31. The topological polar surface area (TPSA) is 69.4 Å². The number of hydrogen-bond donors (Lipinski definition) is 1. The van der Waals surface area contributed by atoms with E-state index in [1.807, 2.05) is 6.92 Å². The summed E-state index contributed by atoms with van der Waals surface area (Å²) in [5.74, 6) is 0.614. The van der Waals surface area contributed by atoms with Crippen LogP contribution < -0.4 is 10.5 Å². The Bertz CT molecular complexity index is 559. The fraction of sp³-hybridized carbons (Fsp3) is 0.538. The summed E-state index contributed by atoms with van der Waals surface area (Å²) in [4.78, 5) is 0. The molecule has 7 heteroatoms. The number of hydrogen-bond acceptors (Lipinski definition) is 4. The zero-order chi connectivity index (χ0) is 15.3. The molecule has 1 aromatic rings. The molecule has 0 spiro atoms. The van der Waals surface area contributed by atoms with E-state index in [4.69, 9.17) is 33.7 Å². The summed E-state index contributed by atoms with van der Waals surface area (Å²) in [6.45, 7) is 2.16. The van der Waals surface area contributed by atoms with Crippen molar-refractivity contribution in [3.05, 3.63) is 27.7 Å². The Balaban J connectivity index is 2.77. The first-order valence-electron chi connectivity index (χ1n) is 6.23. The number of benzene rings is 1. The van der Waals surface area contributed by atoms with Gasteiger partial charge < -0.3 is 10.5 Å². The van der Waals surface area contributed by atoms with E-state index in [9.17, 15) is 8.42 Å². The monoisotopic (exact) mass is 339 g/mol. The average Bonchev–Trinajstić information content (AvgIpc) is 2.24. The Morgan fingerprint density at radius 1 is 1.35 bits per heavy atom. The normalized spacial score (nSPS) is 13.2. The zero-order valence-corrected chi connectivity index (χ0v) is 13.9. The van der Waals surface area contributed by atoms with Crippen LogP contribution >= 0.6 is 23.2 Å². The first-order chi connectivity index (χ1) is 9.19. The van der Waals surface area contributed by atoms with Crippen LogP contribution in [-0.2, 0) is 16.3 Å². The molecule has 2 N–H and O–H groups in total. The summed E-state index contributed by atoms with van der Waals surface area (Å²) in [5, 5.41) is 0.932. The molecule has 1 aromatic carbocycles. The fourth-order valence-corrected chi connectivity index (χ4v) is 3.00. The van der Waals surface area contributed by atoms with E-state index >= 15 is 0 Å². The maximum atomic E-state index is 11.1. The minimum atomic E-state index is -2.98. The van der Waals surface area contributed by atoms with Gasteiger partial charge in [0.05, 0.1) is 17.4 Å². The molecule has 0 aliphatic rings. The van der Waals surface area contributed by atoms with Crippen molar-refractivity contribution >= 4 is 33.0 Å². The quantitative estimate of drug-likeness (QED) is 0.775. The van der Waals surface area contributed by atoms with Crippen LogP contribution in [-0.4, -0.2) is 33.1 Å². The van der Waals surface area contributed by atoms with Crippen LogP contribution in [0.25, 0.3) is 0 Å². The molecule has 0 saturated carbocycles. The number of rotatable bonds is 7. The minimum Gasteiger partial charge on any atom is -0.492 e. The number of ether oxygens (including phenoxy) is 1. The molecule has 1 atom stereocenters. The summed E-state index contributed by atoms with van der Waals surface area (Å²) in [6, 6.07) is 3.31. The summed E-state index contributed by atoms with van der Waals surface area (Å²) in [5.41, 5.74) is 6.61. The first-order valence-corrected chi connectivity index (χ1v) is 9.04. The Kier molecular flexibility index (Phi) is 6.58. The number of sulfone groups is 1. The van der Waals surface area contributed by atoms with Crippen molar-refractivity contribution in [2.24, 2.45) is 5.73 Å². The molecule has 0 fully saturated rings. The van der Waals surface area contributed by atoms with Gasteiger partial charge in [0, 0.05) is 17.3 Å². The van der Waals surface area contributed by atoms with E-state index in [2.05, 4.69) is 0 Å². The second-order valence-electron chi connectivity index (χ2n) is 4.89. The fourth-order valence-electron chi connectivity index (χ4n) is 1.77. The Morgan fingerprint density at radius 3 is 2.55 bits per heavy atom. The van der Waals surface area contributed by atoms with Crippen molar-refractivity contribution in [3.8, 4) is 5.75 Å². The van der Waals surface area contributed by atoms with Gasteiger partial charge in [0.2, 0.25) is 0 Å². The summed E-state index contributed by atoms with van der Waals surface area (Å²) in [6.07, 6.45) is 2.20. The van der Waals surface area contributed by atoms with Crippen LogP contribution in [0.5, 0.6) is 5.75 Å². The third-order valence-electron chi connectivity index (χ3n) is 2.53. The molecule has 20 heavy (non-hydrogen) atoms. The predicted octanol–water partition coefficient (Wildman–Crippen LogP) is 2.70. The van der Waals surface area contributed by atoms with Gasteiger partial charge in [0.25, 0.3) is 0 Å². The van der Waals surface area contributed by atoms with E-state index in [0.29, 0.717) is 28.6 Å². The molecular formula is C13H19Cl2NO3S. The van der Waals surface area contributed by atoms with Crippen LogP contribution in [0.15, 0.2) is 12.1 Å². The number of nitrogens with two attached hydrogens (primary N) is 1. The van der Waals surface area contributed by atoms with Crippen molar-refractivity contribution in [1.29, 1.82) is 0 Å². The molecule has 0 aliphatic carbocycles. The highest BCUT2D eigenvalue weighted by Crippen LogP contribution is 2.33. The lowest BCUT2D eigenvalue weighted by Gasteiger charge is -2.15. The largest absolute Gasteiger partial charge is 0.492 e. The molecule has 0 aromatic heterocycles. The SMILES string of the molecule is CC(N)Cc1cc(Cl)cc(Cl)c1OCCCS(C)(=O)=O. The lowest BCUT2D eigenvalue weighted by Crippen LogP contribution is -2.18. The molecule has 114 valence electrons. The lowest BCUT2D eigenvalue weighted by atomic mass is 10.1. The Hall–Kier alpha value is -0.490. The molecule has 0 radical (unpaired) electrons. The number of halogens is 2. The second-order valence-corrected chi connectivity index (χ2v) is 7.99. The molecule has 0 amide bonds. The van der Waals surface area contributed by atoms with Crippen molar-refractivity contribution in [1.82, 2.24) is 0 Å². The molecule has 0 aliphatic heterocycles. The first kappa shape index (κ1) is 17.6. The molecule has 1 rings (SSSR count). The van der Waals surface area contributed by atoms with Gasteiger partial charge >= 0.3 is 0 Å². The molecule has 0 heterocycles. The minimum absolute atomic E-state index is 0.0529. The van der Waals surface area contributed by atoms with Gasteiger partial charge in [0.15, 0.2) is 0 Å². The average molecular weight is 340 g/mol. The molecule has 0 bridgehead atoms. The van der Waals surface area contributed by atoms with Crippen LogP contribution in [0.4, 0.5) is 0 Å². The van der Waals surface area contributed by atoms with Crippen molar-refractivity contribution in [2.75, 3.05) is 18.6 Å². The van der Waals surface area contributed by atoms with Crippen molar-refractivity contribution in [3.63, 3.8) is 0 Å². The van der Waals surface area contributed by atoms with Gasteiger partial charge in [0.1, 0.15) is 15.6 Å². The highest BCUT2D eigenvalue weighted by Gasteiger charge is 2.13. The Morgan fingerprint density at radius 2 is 2.00 bits per heavy atom. The Labute approximate surface area is 130 Å². The highest BCUT2D eigenvalue weighted by molar-refractivity contribution is 7.90. The molecule has 1 unspecified atom stereocenters. The van der Waals surface area contributed by atoms with Gasteiger partial charge in [-0.15, -0.1) is 0 Å².